The first-order valence-corrected chi connectivity index (χ1v) is 8.37. The Bertz CT molecular complexity index is 594. The monoisotopic (exact) mass is 286 g/mol. The first-order valence-electron chi connectivity index (χ1n) is 8.37. The minimum Gasteiger partial charge on any atom is -0.357 e. The Kier molecular flexibility index (Phi) is 4.42. The summed E-state index contributed by atoms with van der Waals surface area (Å²) in [5.41, 5.74) is 2.21. The van der Waals surface area contributed by atoms with Gasteiger partial charge in [0.25, 0.3) is 0 Å². The molecule has 4 nitrogen and oxygen atoms in total. The molecule has 2 aromatic rings. The molecule has 0 saturated carbocycles. The highest BCUT2D eigenvalue weighted by Crippen LogP contribution is 2.23. The van der Waals surface area contributed by atoms with Crippen molar-refractivity contribution in [1.82, 2.24) is 14.8 Å². The molecule has 1 saturated heterocycles. The number of hydrogen-bond acceptors (Lipinski definition) is 3. The Hall–Kier alpha value is -1.58. The first-order chi connectivity index (χ1) is 10.3. The molecule has 2 aromatic heterocycles. The van der Waals surface area contributed by atoms with Crippen molar-refractivity contribution in [3.8, 4) is 0 Å². The number of fused-ring (bicyclic) bond motifs is 1. The zero-order chi connectivity index (χ0) is 14.7. The fourth-order valence-corrected chi connectivity index (χ4v) is 3.27. The summed E-state index contributed by atoms with van der Waals surface area (Å²) < 4.78 is 1.94. The van der Waals surface area contributed by atoms with E-state index in [4.69, 9.17) is 4.98 Å². The molecule has 4 heteroatoms. The Morgan fingerprint density at radius 2 is 1.76 bits per heavy atom. The van der Waals surface area contributed by atoms with Gasteiger partial charge in [-0.1, -0.05) is 32.6 Å². The largest absolute Gasteiger partial charge is 0.357 e. The minimum absolute atomic E-state index is 1.03. The number of pyridine rings is 1. The third kappa shape index (κ3) is 3.04. The van der Waals surface area contributed by atoms with Crippen LogP contribution >= 0.6 is 0 Å². The lowest BCUT2D eigenvalue weighted by Crippen LogP contribution is -2.27. The normalized spacial score (nSPS) is 17.0. The van der Waals surface area contributed by atoms with Crippen LogP contribution in [0.1, 0.15) is 51.1 Å². The van der Waals surface area contributed by atoms with Crippen LogP contribution in [-0.4, -0.2) is 27.9 Å². The van der Waals surface area contributed by atoms with Gasteiger partial charge in [0.15, 0.2) is 5.65 Å². The smallest absolute Gasteiger partial charge is 0.160 e. The fourth-order valence-electron chi connectivity index (χ4n) is 3.27. The second-order valence-corrected chi connectivity index (χ2v) is 6.12. The van der Waals surface area contributed by atoms with Crippen LogP contribution in [0.2, 0.25) is 0 Å². The van der Waals surface area contributed by atoms with Crippen molar-refractivity contribution in [2.75, 3.05) is 18.0 Å². The molecule has 1 aliphatic heterocycles. The maximum absolute atomic E-state index is 4.90. The van der Waals surface area contributed by atoms with Crippen LogP contribution in [0.15, 0.2) is 12.1 Å². The van der Waals surface area contributed by atoms with E-state index in [1.807, 2.05) is 11.7 Å². The summed E-state index contributed by atoms with van der Waals surface area (Å²) >= 11 is 0. The van der Waals surface area contributed by atoms with Gasteiger partial charge in [-0.15, -0.1) is 0 Å². The van der Waals surface area contributed by atoms with E-state index in [9.17, 15) is 0 Å². The predicted octanol–water partition coefficient (Wildman–Crippen LogP) is 3.69. The van der Waals surface area contributed by atoms with Crippen LogP contribution < -0.4 is 4.90 Å². The second kappa shape index (κ2) is 6.46. The molecule has 0 amide bonds. The second-order valence-electron chi connectivity index (χ2n) is 6.12. The lowest BCUT2D eigenvalue weighted by atomic mass is 10.1. The van der Waals surface area contributed by atoms with Gasteiger partial charge in [0.2, 0.25) is 0 Å². The summed E-state index contributed by atoms with van der Waals surface area (Å²) in [6.45, 7) is 4.47. The Balaban J connectivity index is 1.90. The highest BCUT2D eigenvalue weighted by atomic mass is 15.3. The molecular weight excluding hydrogens is 260 g/mol. The maximum Gasteiger partial charge on any atom is 0.160 e. The third-order valence-electron chi connectivity index (χ3n) is 4.42. The molecule has 0 aromatic carbocycles. The van der Waals surface area contributed by atoms with Gasteiger partial charge in [-0.05, 0) is 31.4 Å². The fraction of sp³-hybridized carbons (Fsp3) is 0.647. The van der Waals surface area contributed by atoms with E-state index in [0.717, 1.165) is 37.4 Å². The quantitative estimate of drug-likeness (QED) is 0.863. The number of hydrogen-bond donors (Lipinski definition) is 0. The van der Waals surface area contributed by atoms with Crippen molar-refractivity contribution >= 4 is 16.9 Å². The van der Waals surface area contributed by atoms with E-state index in [1.165, 1.54) is 43.2 Å². The van der Waals surface area contributed by atoms with E-state index < -0.39 is 0 Å². The van der Waals surface area contributed by atoms with Gasteiger partial charge in [-0.3, -0.25) is 4.68 Å². The number of aromatic nitrogens is 3. The van der Waals surface area contributed by atoms with Gasteiger partial charge in [-0.2, -0.15) is 5.10 Å². The molecule has 1 fully saturated rings. The molecule has 3 heterocycles. The van der Waals surface area contributed by atoms with Crippen LogP contribution in [-0.2, 0) is 13.5 Å². The molecule has 0 radical (unpaired) electrons. The molecule has 0 spiro atoms. The van der Waals surface area contributed by atoms with Crippen molar-refractivity contribution < 1.29 is 0 Å². The predicted molar refractivity (Wildman–Crippen MR) is 87.8 cm³/mol. The van der Waals surface area contributed by atoms with Crippen molar-refractivity contribution in [2.24, 2.45) is 7.05 Å². The maximum atomic E-state index is 4.90. The zero-order valence-electron chi connectivity index (χ0n) is 13.3. The Morgan fingerprint density at radius 3 is 2.48 bits per heavy atom. The van der Waals surface area contributed by atoms with Gasteiger partial charge in [0.1, 0.15) is 5.82 Å². The highest BCUT2D eigenvalue weighted by Gasteiger charge is 2.14. The van der Waals surface area contributed by atoms with Crippen molar-refractivity contribution in [3.05, 3.63) is 17.8 Å². The SMILES string of the molecule is CCCc1nn(C)c2nc(N3CCCCCCC3)ccc12. The molecule has 3 rings (SSSR count). The average Bonchev–Trinajstić information content (AvgIpc) is 2.75. The van der Waals surface area contributed by atoms with E-state index in [-0.39, 0.29) is 0 Å². The highest BCUT2D eigenvalue weighted by molar-refractivity contribution is 5.80. The van der Waals surface area contributed by atoms with Gasteiger partial charge < -0.3 is 4.90 Å². The molecular formula is C17H26N4. The van der Waals surface area contributed by atoms with E-state index >= 15 is 0 Å². The van der Waals surface area contributed by atoms with Gasteiger partial charge in [0, 0.05) is 25.5 Å². The molecule has 0 bridgehead atoms. The van der Waals surface area contributed by atoms with E-state index in [1.54, 1.807) is 0 Å². The Labute approximate surface area is 127 Å². The van der Waals surface area contributed by atoms with Crippen LogP contribution in [0, 0.1) is 0 Å². The van der Waals surface area contributed by atoms with E-state index in [2.05, 4.69) is 29.1 Å². The standard InChI is InChI=1S/C17H26N4/c1-3-9-15-14-10-11-16(18-17(14)20(2)19-15)21-12-7-5-4-6-8-13-21/h10-11H,3-9,12-13H2,1-2H3. The summed E-state index contributed by atoms with van der Waals surface area (Å²) in [4.78, 5) is 7.35. The van der Waals surface area contributed by atoms with E-state index in [0.29, 0.717) is 0 Å². The van der Waals surface area contributed by atoms with Crippen molar-refractivity contribution in [3.63, 3.8) is 0 Å². The van der Waals surface area contributed by atoms with Crippen molar-refractivity contribution in [1.29, 1.82) is 0 Å². The van der Waals surface area contributed by atoms with Crippen LogP contribution in [0.4, 0.5) is 5.82 Å². The van der Waals surface area contributed by atoms with Gasteiger partial charge in [0.05, 0.1) is 5.69 Å². The summed E-state index contributed by atoms with van der Waals surface area (Å²) in [6, 6.07) is 4.40. The molecule has 21 heavy (non-hydrogen) atoms. The van der Waals surface area contributed by atoms with Crippen molar-refractivity contribution in [2.45, 2.75) is 51.9 Å². The number of aryl methyl sites for hydroxylation is 2. The summed E-state index contributed by atoms with van der Waals surface area (Å²) in [5, 5.41) is 5.85. The molecule has 114 valence electrons. The number of rotatable bonds is 3. The molecule has 0 atom stereocenters. The molecule has 0 N–H and O–H groups in total. The number of anilines is 1. The van der Waals surface area contributed by atoms with Crippen LogP contribution in [0.25, 0.3) is 11.0 Å². The lowest BCUT2D eigenvalue weighted by Gasteiger charge is -2.25. The van der Waals surface area contributed by atoms with Gasteiger partial charge in [-0.25, -0.2) is 4.98 Å². The third-order valence-corrected chi connectivity index (χ3v) is 4.42. The molecule has 0 unspecified atom stereocenters. The summed E-state index contributed by atoms with van der Waals surface area (Å²) in [6.07, 6.45) is 8.82. The Morgan fingerprint density at radius 1 is 1.05 bits per heavy atom. The average molecular weight is 286 g/mol. The van der Waals surface area contributed by atoms with Gasteiger partial charge >= 0.3 is 0 Å². The van der Waals surface area contributed by atoms with Crippen LogP contribution in [0.3, 0.4) is 0 Å². The first kappa shape index (κ1) is 14.4. The topological polar surface area (TPSA) is 34.0 Å². The number of nitrogens with zero attached hydrogens (tertiary/aromatic N) is 4. The lowest BCUT2D eigenvalue weighted by molar-refractivity contribution is 0.554. The van der Waals surface area contributed by atoms with Crippen LogP contribution in [0.5, 0.6) is 0 Å². The molecule has 0 aliphatic carbocycles. The zero-order valence-corrected chi connectivity index (χ0v) is 13.3. The minimum atomic E-state index is 1.03. The summed E-state index contributed by atoms with van der Waals surface area (Å²) in [5.74, 6) is 1.12. The molecule has 1 aliphatic rings. The summed E-state index contributed by atoms with van der Waals surface area (Å²) in [7, 11) is 2.01.